The van der Waals surface area contributed by atoms with E-state index in [9.17, 15) is 9.59 Å². The van der Waals surface area contributed by atoms with E-state index in [1.807, 2.05) is 11.8 Å². The van der Waals surface area contributed by atoms with E-state index < -0.39 is 0 Å². The summed E-state index contributed by atoms with van der Waals surface area (Å²) >= 11 is 0. The molecule has 1 aliphatic heterocycles. The first-order valence-corrected chi connectivity index (χ1v) is 7.39. The van der Waals surface area contributed by atoms with Crippen LogP contribution < -0.4 is 10.6 Å². The fourth-order valence-corrected chi connectivity index (χ4v) is 2.67. The SMILES string of the molecule is C=CCNC(=O)[C@H](C)N[C@@H]1CCN(C(C)=O)C[C@@H]1CC. The van der Waals surface area contributed by atoms with Crippen LogP contribution in [0, 0.1) is 5.92 Å². The lowest BCUT2D eigenvalue weighted by Crippen LogP contribution is -2.55. The maximum absolute atomic E-state index is 11.9. The zero-order valence-electron chi connectivity index (χ0n) is 12.8. The topological polar surface area (TPSA) is 61.4 Å². The summed E-state index contributed by atoms with van der Waals surface area (Å²) in [6, 6.07) is 0.0676. The standard InChI is InChI=1S/C15H27N3O2/c1-5-8-16-15(20)11(3)17-14-7-9-18(12(4)19)10-13(14)6-2/h5,11,13-14,17H,1,6-10H2,2-4H3,(H,16,20)/t11-,13-,14+/m0/s1. The van der Waals surface area contributed by atoms with Gasteiger partial charge in [-0.1, -0.05) is 19.4 Å². The summed E-state index contributed by atoms with van der Waals surface area (Å²) in [6.07, 6.45) is 3.57. The molecule has 5 nitrogen and oxygen atoms in total. The van der Waals surface area contributed by atoms with Crippen LogP contribution in [-0.2, 0) is 9.59 Å². The number of carbonyl (C=O) groups excluding carboxylic acids is 2. The van der Waals surface area contributed by atoms with Gasteiger partial charge in [0.15, 0.2) is 0 Å². The summed E-state index contributed by atoms with van der Waals surface area (Å²) in [5.74, 6) is 0.537. The largest absolute Gasteiger partial charge is 0.351 e. The van der Waals surface area contributed by atoms with Crippen LogP contribution in [0.5, 0.6) is 0 Å². The van der Waals surface area contributed by atoms with E-state index in [0.29, 0.717) is 18.5 Å². The molecular weight excluding hydrogens is 254 g/mol. The summed E-state index contributed by atoms with van der Waals surface area (Å²) in [7, 11) is 0. The minimum Gasteiger partial charge on any atom is -0.351 e. The highest BCUT2D eigenvalue weighted by Gasteiger charge is 2.30. The second-order valence-corrected chi connectivity index (χ2v) is 5.45. The maximum Gasteiger partial charge on any atom is 0.237 e. The quantitative estimate of drug-likeness (QED) is 0.712. The van der Waals surface area contributed by atoms with Gasteiger partial charge in [-0.25, -0.2) is 0 Å². The van der Waals surface area contributed by atoms with E-state index in [0.717, 1.165) is 25.9 Å². The highest BCUT2D eigenvalue weighted by Crippen LogP contribution is 2.20. The van der Waals surface area contributed by atoms with E-state index in [-0.39, 0.29) is 17.9 Å². The highest BCUT2D eigenvalue weighted by molar-refractivity contribution is 5.81. The molecule has 0 aromatic carbocycles. The second-order valence-electron chi connectivity index (χ2n) is 5.45. The Bertz CT molecular complexity index is 357. The number of rotatable bonds is 6. The van der Waals surface area contributed by atoms with Gasteiger partial charge in [-0.2, -0.15) is 0 Å². The fourth-order valence-electron chi connectivity index (χ4n) is 2.67. The Hall–Kier alpha value is -1.36. The van der Waals surface area contributed by atoms with Crippen molar-refractivity contribution < 1.29 is 9.59 Å². The number of nitrogens with zero attached hydrogens (tertiary/aromatic N) is 1. The molecule has 1 aliphatic rings. The van der Waals surface area contributed by atoms with E-state index in [1.54, 1.807) is 13.0 Å². The summed E-state index contributed by atoms with van der Waals surface area (Å²) < 4.78 is 0. The van der Waals surface area contributed by atoms with Crippen molar-refractivity contribution in [2.45, 2.75) is 45.7 Å². The third-order valence-corrected chi connectivity index (χ3v) is 3.98. The van der Waals surface area contributed by atoms with Crippen molar-refractivity contribution in [3.8, 4) is 0 Å². The number of hydrogen-bond donors (Lipinski definition) is 2. The number of amides is 2. The Labute approximate surface area is 121 Å². The first-order valence-electron chi connectivity index (χ1n) is 7.39. The minimum atomic E-state index is -0.224. The third kappa shape index (κ3) is 4.63. The molecule has 1 rings (SSSR count). The van der Waals surface area contributed by atoms with Crippen LogP contribution >= 0.6 is 0 Å². The Morgan fingerprint density at radius 3 is 2.75 bits per heavy atom. The lowest BCUT2D eigenvalue weighted by molar-refractivity contribution is -0.131. The predicted octanol–water partition coefficient (Wildman–Crippen LogP) is 0.914. The summed E-state index contributed by atoms with van der Waals surface area (Å²) in [5, 5.41) is 6.20. The van der Waals surface area contributed by atoms with Gasteiger partial charge in [-0.05, 0) is 19.3 Å². The molecule has 0 aromatic heterocycles. The van der Waals surface area contributed by atoms with Gasteiger partial charge in [0.2, 0.25) is 11.8 Å². The normalized spacial score (nSPS) is 24.1. The van der Waals surface area contributed by atoms with Crippen LogP contribution in [0.25, 0.3) is 0 Å². The molecule has 0 saturated carbocycles. The van der Waals surface area contributed by atoms with Gasteiger partial charge in [-0.15, -0.1) is 6.58 Å². The molecule has 114 valence electrons. The maximum atomic E-state index is 11.9. The van der Waals surface area contributed by atoms with Crippen molar-refractivity contribution in [2.24, 2.45) is 5.92 Å². The van der Waals surface area contributed by atoms with Crippen LogP contribution in [0.15, 0.2) is 12.7 Å². The number of likely N-dealkylation sites (tertiary alicyclic amines) is 1. The smallest absolute Gasteiger partial charge is 0.237 e. The summed E-state index contributed by atoms with van der Waals surface area (Å²) in [4.78, 5) is 25.2. The Kier molecular flexibility index (Phi) is 6.71. The molecule has 0 aromatic rings. The first kappa shape index (κ1) is 16.7. The van der Waals surface area contributed by atoms with Gasteiger partial charge < -0.3 is 15.5 Å². The van der Waals surface area contributed by atoms with Crippen LogP contribution in [0.3, 0.4) is 0 Å². The third-order valence-electron chi connectivity index (χ3n) is 3.98. The molecule has 3 atom stereocenters. The Balaban J connectivity index is 2.52. The number of piperidine rings is 1. The molecule has 1 fully saturated rings. The first-order chi connectivity index (χ1) is 9.49. The minimum absolute atomic E-state index is 0.00579. The van der Waals surface area contributed by atoms with Crippen molar-refractivity contribution in [1.82, 2.24) is 15.5 Å². The average molecular weight is 281 g/mol. The molecule has 0 spiro atoms. The molecule has 2 amide bonds. The van der Waals surface area contributed by atoms with E-state index in [2.05, 4.69) is 24.1 Å². The molecule has 0 bridgehead atoms. The van der Waals surface area contributed by atoms with Crippen molar-refractivity contribution in [3.05, 3.63) is 12.7 Å². The van der Waals surface area contributed by atoms with Gasteiger partial charge >= 0.3 is 0 Å². The van der Waals surface area contributed by atoms with Gasteiger partial charge in [-0.3, -0.25) is 9.59 Å². The van der Waals surface area contributed by atoms with Crippen LogP contribution in [0.4, 0.5) is 0 Å². The van der Waals surface area contributed by atoms with Crippen molar-refractivity contribution >= 4 is 11.8 Å². The monoisotopic (exact) mass is 281 g/mol. The Morgan fingerprint density at radius 1 is 1.50 bits per heavy atom. The highest BCUT2D eigenvalue weighted by atomic mass is 16.2. The van der Waals surface area contributed by atoms with Crippen LogP contribution in [-0.4, -0.2) is 48.4 Å². The average Bonchev–Trinajstić information content (AvgIpc) is 2.44. The molecule has 5 heteroatoms. The predicted molar refractivity (Wildman–Crippen MR) is 80.2 cm³/mol. The van der Waals surface area contributed by atoms with Crippen LogP contribution in [0.2, 0.25) is 0 Å². The van der Waals surface area contributed by atoms with Gasteiger partial charge in [0.25, 0.3) is 0 Å². The molecule has 0 aliphatic carbocycles. The molecule has 2 N–H and O–H groups in total. The molecule has 20 heavy (non-hydrogen) atoms. The Morgan fingerprint density at radius 2 is 2.20 bits per heavy atom. The molecule has 1 heterocycles. The zero-order chi connectivity index (χ0) is 15.1. The van der Waals surface area contributed by atoms with Crippen molar-refractivity contribution in [2.75, 3.05) is 19.6 Å². The summed E-state index contributed by atoms with van der Waals surface area (Å²) in [6.45, 7) is 11.3. The van der Waals surface area contributed by atoms with E-state index in [1.165, 1.54) is 0 Å². The molecule has 0 unspecified atom stereocenters. The second kappa shape index (κ2) is 8.04. The van der Waals surface area contributed by atoms with Crippen molar-refractivity contribution in [1.29, 1.82) is 0 Å². The van der Waals surface area contributed by atoms with Gasteiger partial charge in [0.1, 0.15) is 0 Å². The van der Waals surface area contributed by atoms with Gasteiger partial charge in [0.05, 0.1) is 6.04 Å². The van der Waals surface area contributed by atoms with Gasteiger partial charge in [0, 0.05) is 32.6 Å². The number of carbonyl (C=O) groups is 2. The number of hydrogen-bond acceptors (Lipinski definition) is 3. The molecular formula is C15H27N3O2. The molecule has 0 radical (unpaired) electrons. The lowest BCUT2D eigenvalue weighted by atomic mass is 9.89. The van der Waals surface area contributed by atoms with E-state index >= 15 is 0 Å². The van der Waals surface area contributed by atoms with Crippen molar-refractivity contribution in [3.63, 3.8) is 0 Å². The fraction of sp³-hybridized carbons (Fsp3) is 0.733. The number of nitrogens with one attached hydrogen (secondary N) is 2. The summed E-state index contributed by atoms with van der Waals surface area (Å²) in [5.41, 5.74) is 0. The van der Waals surface area contributed by atoms with E-state index in [4.69, 9.17) is 0 Å². The van der Waals surface area contributed by atoms with Crippen LogP contribution in [0.1, 0.15) is 33.6 Å². The lowest BCUT2D eigenvalue weighted by Gasteiger charge is -2.39. The zero-order valence-corrected chi connectivity index (χ0v) is 12.8. The molecule has 1 saturated heterocycles.